The number of carbonyl (C=O) groups excluding carboxylic acids is 4. The zero-order chi connectivity index (χ0) is 27.4. The summed E-state index contributed by atoms with van der Waals surface area (Å²) in [4.78, 5) is 55.0. The molecular weight excluding hydrogens is 516 g/mol. The zero-order valence-electron chi connectivity index (χ0n) is 21.5. The van der Waals surface area contributed by atoms with E-state index in [0.29, 0.717) is 10.7 Å². The van der Waals surface area contributed by atoms with Gasteiger partial charge in [-0.05, 0) is 40.3 Å². The highest BCUT2D eigenvalue weighted by Crippen LogP contribution is 2.61. The lowest BCUT2D eigenvalue weighted by molar-refractivity contribution is -0.162. The number of benzene rings is 3. The van der Waals surface area contributed by atoms with Gasteiger partial charge < -0.3 is 10.1 Å². The second kappa shape index (κ2) is 9.65. The van der Waals surface area contributed by atoms with Crippen molar-refractivity contribution in [1.82, 2.24) is 4.90 Å². The van der Waals surface area contributed by atoms with Crippen molar-refractivity contribution < 1.29 is 23.9 Å². The number of anilines is 1. The summed E-state index contributed by atoms with van der Waals surface area (Å²) in [5, 5.41) is 2.96. The molecule has 0 unspecified atom stereocenters. The summed E-state index contributed by atoms with van der Waals surface area (Å²) in [6.07, 6.45) is 0. The lowest BCUT2D eigenvalue weighted by Crippen LogP contribution is -2.49. The largest absolute Gasteiger partial charge is 0.454 e. The Morgan fingerprint density at radius 2 is 1.28 bits per heavy atom. The van der Waals surface area contributed by atoms with Crippen molar-refractivity contribution in [2.75, 3.05) is 11.9 Å². The molecule has 3 aliphatic carbocycles. The fraction of sp³-hybridized carbons (Fsp3) is 0.290. The lowest BCUT2D eigenvalue weighted by Gasteiger charge is -2.45. The van der Waals surface area contributed by atoms with Crippen molar-refractivity contribution in [3.63, 3.8) is 0 Å². The van der Waals surface area contributed by atoms with Gasteiger partial charge in [0.05, 0.1) is 22.5 Å². The fourth-order valence-corrected chi connectivity index (χ4v) is 6.80. The monoisotopic (exact) mass is 542 g/mol. The first-order chi connectivity index (χ1) is 18.8. The summed E-state index contributed by atoms with van der Waals surface area (Å²) >= 11 is 6.09. The molecule has 4 aliphatic rings. The van der Waals surface area contributed by atoms with E-state index in [-0.39, 0.29) is 23.7 Å². The van der Waals surface area contributed by atoms with Crippen molar-refractivity contribution in [3.05, 3.63) is 100 Å². The Morgan fingerprint density at radius 1 is 0.821 bits per heavy atom. The van der Waals surface area contributed by atoms with E-state index in [1.54, 1.807) is 38.1 Å². The van der Waals surface area contributed by atoms with Crippen LogP contribution in [0.3, 0.4) is 0 Å². The van der Waals surface area contributed by atoms with Crippen LogP contribution in [0, 0.1) is 17.8 Å². The van der Waals surface area contributed by atoms with Crippen molar-refractivity contribution in [2.24, 2.45) is 17.8 Å². The topological polar surface area (TPSA) is 92.8 Å². The van der Waals surface area contributed by atoms with Gasteiger partial charge in [-0.2, -0.15) is 0 Å². The van der Waals surface area contributed by atoms with E-state index in [9.17, 15) is 19.2 Å². The third kappa shape index (κ3) is 3.95. The molecule has 0 aromatic heterocycles. The number of amides is 3. The van der Waals surface area contributed by atoms with Gasteiger partial charge in [0.25, 0.3) is 5.91 Å². The van der Waals surface area contributed by atoms with Crippen LogP contribution in [0.1, 0.15) is 47.9 Å². The van der Waals surface area contributed by atoms with Gasteiger partial charge >= 0.3 is 5.97 Å². The van der Waals surface area contributed by atoms with Crippen LogP contribution in [-0.2, 0) is 23.9 Å². The molecule has 7 nitrogen and oxygen atoms in total. The predicted octanol–water partition coefficient (Wildman–Crippen LogP) is 4.74. The van der Waals surface area contributed by atoms with Crippen molar-refractivity contribution in [1.29, 1.82) is 0 Å². The molecule has 0 spiro atoms. The third-order valence-corrected chi connectivity index (χ3v) is 8.46. The minimum atomic E-state index is -1.14. The number of carbonyl (C=O) groups is 4. The molecule has 1 aliphatic heterocycles. The van der Waals surface area contributed by atoms with Crippen LogP contribution in [0.4, 0.5) is 5.69 Å². The number of likely N-dealkylation sites (tertiary alicyclic amines) is 1. The molecule has 1 saturated heterocycles. The Hall–Kier alpha value is -3.97. The van der Waals surface area contributed by atoms with E-state index >= 15 is 0 Å². The number of para-hydroxylation sites is 1. The highest BCUT2D eigenvalue weighted by molar-refractivity contribution is 6.33. The Labute approximate surface area is 231 Å². The number of hydrogen-bond acceptors (Lipinski definition) is 5. The highest BCUT2D eigenvalue weighted by atomic mass is 35.5. The molecule has 8 heteroatoms. The Bertz CT molecular complexity index is 1400. The second-order valence-corrected chi connectivity index (χ2v) is 11.0. The fourth-order valence-electron chi connectivity index (χ4n) is 6.62. The SMILES string of the molecule is CC(C)[C@H](C(=O)OCC(=O)Nc1ccccc1Cl)N1C(=O)[C@@H]2C3c4ccccc4C(c4ccccc43)[C@H]2C1=O. The summed E-state index contributed by atoms with van der Waals surface area (Å²) in [6.45, 7) is 2.95. The number of esters is 1. The standard InChI is InChI=1S/C31H27ClN2O5/c1-16(2)28(31(38)39-15-23(35)33-22-14-8-7-13-21(22)32)34-29(36)26-24-17-9-3-4-10-18(17)25(27(26)30(34)37)20-12-6-5-11-19(20)24/h3-14,16,24-28H,15H2,1-2H3,(H,33,35)/t24?,25?,26-,27-,28-/m1/s1. The molecular formula is C31H27ClN2O5. The van der Waals surface area contributed by atoms with E-state index in [1.165, 1.54) is 0 Å². The number of nitrogens with zero attached hydrogens (tertiary/aromatic N) is 1. The Kier molecular flexibility index (Phi) is 6.26. The van der Waals surface area contributed by atoms with Gasteiger partial charge in [-0.1, -0.05) is 86.1 Å². The maximum atomic E-state index is 14.0. The average Bonchev–Trinajstić information content (AvgIpc) is 3.19. The maximum absolute atomic E-state index is 14.0. The van der Waals surface area contributed by atoms with Crippen LogP contribution < -0.4 is 5.32 Å². The number of ether oxygens (including phenoxy) is 1. The maximum Gasteiger partial charge on any atom is 0.330 e. The molecule has 7 rings (SSSR count). The van der Waals surface area contributed by atoms with Gasteiger partial charge in [0.1, 0.15) is 6.04 Å². The molecule has 1 fully saturated rings. The van der Waals surface area contributed by atoms with Crippen molar-refractivity contribution in [3.8, 4) is 0 Å². The minimum Gasteiger partial charge on any atom is -0.454 e. The summed E-state index contributed by atoms with van der Waals surface area (Å²) in [7, 11) is 0. The number of rotatable bonds is 6. The summed E-state index contributed by atoms with van der Waals surface area (Å²) in [5.74, 6) is -4.22. The molecule has 3 atom stereocenters. The van der Waals surface area contributed by atoms with E-state index in [4.69, 9.17) is 16.3 Å². The van der Waals surface area contributed by atoms with Gasteiger partial charge in [-0.25, -0.2) is 4.79 Å². The first-order valence-corrected chi connectivity index (χ1v) is 13.4. The first kappa shape index (κ1) is 25.3. The first-order valence-electron chi connectivity index (χ1n) is 13.0. The quantitative estimate of drug-likeness (QED) is 0.359. The highest BCUT2D eigenvalue weighted by Gasteiger charge is 2.63. The summed E-state index contributed by atoms with van der Waals surface area (Å²) in [6, 6.07) is 21.5. The molecule has 0 radical (unpaired) electrons. The van der Waals surface area contributed by atoms with Gasteiger partial charge in [-0.3, -0.25) is 19.3 Å². The molecule has 1 N–H and O–H groups in total. The van der Waals surface area contributed by atoms with E-state index in [1.807, 2.05) is 48.5 Å². The number of imide groups is 1. The van der Waals surface area contributed by atoms with Crippen LogP contribution in [0.5, 0.6) is 0 Å². The van der Waals surface area contributed by atoms with Crippen LogP contribution in [-0.4, -0.2) is 41.2 Å². The van der Waals surface area contributed by atoms with E-state index < -0.39 is 42.3 Å². The van der Waals surface area contributed by atoms with Gasteiger partial charge in [0.15, 0.2) is 6.61 Å². The Balaban J connectivity index is 1.27. The predicted molar refractivity (Wildman–Crippen MR) is 145 cm³/mol. The smallest absolute Gasteiger partial charge is 0.330 e. The molecule has 0 saturated carbocycles. The summed E-state index contributed by atoms with van der Waals surface area (Å²) < 4.78 is 5.35. The molecule has 3 aromatic carbocycles. The average molecular weight is 543 g/mol. The lowest BCUT2D eigenvalue weighted by atomic mass is 9.55. The van der Waals surface area contributed by atoms with Crippen LogP contribution >= 0.6 is 11.6 Å². The van der Waals surface area contributed by atoms with Crippen LogP contribution in [0.15, 0.2) is 72.8 Å². The zero-order valence-corrected chi connectivity index (χ0v) is 22.2. The number of hydrogen-bond donors (Lipinski definition) is 1. The van der Waals surface area contributed by atoms with E-state index in [0.717, 1.165) is 27.2 Å². The van der Waals surface area contributed by atoms with Crippen molar-refractivity contribution in [2.45, 2.75) is 31.7 Å². The van der Waals surface area contributed by atoms with Gasteiger partial charge in [0.2, 0.25) is 11.8 Å². The summed E-state index contributed by atoms with van der Waals surface area (Å²) in [5.41, 5.74) is 4.63. The van der Waals surface area contributed by atoms with Crippen LogP contribution in [0.2, 0.25) is 5.02 Å². The Morgan fingerprint density at radius 3 is 1.74 bits per heavy atom. The molecule has 3 amide bonds. The molecule has 198 valence electrons. The molecule has 39 heavy (non-hydrogen) atoms. The van der Waals surface area contributed by atoms with Crippen LogP contribution in [0.25, 0.3) is 0 Å². The van der Waals surface area contributed by atoms with Gasteiger partial charge in [-0.15, -0.1) is 0 Å². The van der Waals surface area contributed by atoms with Crippen molar-refractivity contribution >= 4 is 41.0 Å². The second-order valence-electron chi connectivity index (χ2n) is 10.6. The minimum absolute atomic E-state index is 0.265. The molecule has 1 heterocycles. The number of halogens is 1. The van der Waals surface area contributed by atoms with Gasteiger partial charge in [0, 0.05) is 11.8 Å². The molecule has 3 aromatic rings. The third-order valence-electron chi connectivity index (χ3n) is 8.13. The number of nitrogens with one attached hydrogen (secondary N) is 1. The molecule has 2 bridgehead atoms. The normalized spacial score (nSPS) is 23.2. The van der Waals surface area contributed by atoms with E-state index in [2.05, 4.69) is 5.32 Å².